The molecule has 1 aromatic heterocycles. The number of aryl methyl sites for hydroxylation is 1. The average molecular weight is 402 g/mol. The number of hydrogen-bond donors (Lipinski definition) is 0. The molecular formula is C24H22N2O4. The van der Waals surface area contributed by atoms with Gasteiger partial charge in [-0.25, -0.2) is 4.98 Å². The number of benzene rings is 2. The van der Waals surface area contributed by atoms with Crippen LogP contribution in [0.2, 0.25) is 0 Å². The van der Waals surface area contributed by atoms with Crippen molar-refractivity contribution in [3.63, 3.8) is 0 Å². The highest BCUT2D eigenvalue weighted by Crippen LogP contribution is 2.31. The SMILES string of the molecule is COC(=O)CCc1coc(-c2ccc3c(c2)C=Cc2ccccc2N(C(C)=O)C3)n1. The van der Waals surface area contributed by atoms with E-state index in [-0.39, 0.29) is 18.3 Å². The van der Waals surface area contributed by atoms with Gasteiger partial charge >= 0.3 is 5.97 Å². The number of rotatable bonds is 4. The first-order valence-corrected chi connectivity index (χ1v) is 9.75. The first-order chi connectivity index (χ1) is 14.5. The van der Waals surface area contributed by atoms with E-state index in [9.17, 15) is 9.59 Å². The lowest BCUT2D eigenvalue weighted by atomic mass is 9.99. The molecule has 0 atom stereocenters. The largest absolute Gasteiger partial charge is 0.469 e. The fourth-order valence-electron chi connectivity index (χ4n) is 3.50. The Hall–Kier alpha value is -3.67. The summed E-state index contributed by atoms with van der Waals surface area (Å²) in [6, 6.07) is 13.8. The van der Waals surface area contributed by atoms with Gasteiger partial charge in [0.2, 0.25) is 11.8 Å². The van der Waals surface area contributed by atoms with Gasteiger partial charge in [0.1, 0.15) is 6.26 Å². The first-order valence-electron chi connectivity index (χ1n) is 9.75. The van der Waals surface area contributed by atoms with Crippen molar-refractivity contribution in [3.05, 3.63) is 71.1 Å². The number of anilines is 1. The number of methoxy groups -OCH3 is 1. The molecule has 0 spiro atoms. The number of carbonyl (C=O) groups is 2. The van der Waals surface area contributed by atoms with Crippen molar-refractivity contribution < 1.29 is 18.7 Å². The second-order valence-electron chi connectivity index (χ2n) is 7.13. The maximum atomic E-state index is 12.3. The van der Waals surface area contributed by atoms with Crippen LogP contribution in [0.25, 0.3) is 23.6 Å². The van der Waals surface area contributed by atoms with Gasteiger partial charge in [-0.1, -0.05) is 36.4 Å². The molecule has 0 bridgehead atoms. The summed E-state index contributed by atoms with van der Waals surface area (Å²) in [6.07, 6.45) is 6.36. The summed E-state index contributed by atoms with van der Waals surface area (Å²) in [4.78, 5) is 29.9. The van der Waals surface area contributed by atoms with Crippen molar-refractivity contribution in [3.8, 4) is 11.5 Å². The van der Waals surface area contributed by atoms with Crippen LogP contribution in [0.4, 0.5) is 5.69 Å². The monoisotopic (exact) mass is 402 g/mol. The molecule has 0 aliphatic carbocycles. The summed E-state index contributed by atoms with van der Waals surface area (Å²) in [5, 5.41) is 0. The molecule has 0 unspecified atom stereocenters. The third-order valence-electron chi connectivity index (χ3n) is 5.14. The lowest BCUT2D eigenvalue weighted by molar-refractivity contribution is -0.140. The van der Waals surface area contributed by atoms with Gasteiger partial charge < -0.3 is 14.1 Å². The van der Waals surface area contributed by atoms with Crippen LogP contribution in [0.15, 0.2) is 53.1 Å². The van der Waals surface area contributed by atoms with Crippen molar-refractivity contribution in [2.24, 2.45) is 0 Å². The molecule has 2 aromatic carbocycles. The van der Waals surface area contributed by atoms with Gasteiger partial charge in [-0.2, -0.15) is 0 Å². The Morgan fingerprint density at radius 1 is 1.13 bits per heavy atom. The molecule has 152 valence electrons. The fourth-order valence-corrected chi connectivity index (χ4v) is 3.50. The number of para-hydroxylation sites is 1. The highest BCUT2D eigenvalue weighted by molar-refractivity contribution is 5.95. The molecule has 0 saturated heterocycles. The number of oxazole rings is 1. The Morgan fingerprint density at radius 3 is 2.73 bits per heavy atom. The van der Waals surface area contributed by atoms with Crippen molar-refractivity contribution in [2.75, 3.05) is 12.0 Å². The molecule has 1 aliphatic heterocycles. The average Bonchev–Trinajstić information content (AvgIpc) is 3.22. The van der Waals surface area contributed by atoms with E-state index < -0.39 is 0 Å². The first kappa shape index (κ1) is 19.6. The molecule has 2 heterocycles. The van der Waals surface area contributed by atoms with E-state index in [2.05, 4.69) is 15.8 Å². The molecule has 0 saturated carbocycles. The van der Waals surface area contributed by atoms with E-state index in [0.717, 1.165) is 27.9 Å². The Bertz CT molecular complexity index is 1130. The maximum Gasteiger partial charge on any atom is 0.305 e. The van der Waals surface area contributed by atoms with E-state index in [1.807, 2.05) is 48.5 Å². The molecule has 0 N–H and O–H groups in total. The van der Waals surface area contributed by atoms with Gasteiger partial charge in [0, 0.05) is 18.9 Å². The van der Waals surface area contributed by atoms with Crippen LogP contribution in [0.3, 0.4) is 0 Å². The number of fused-ring (bicyclic) bond motifs is 2. The quantitative estimate of drug-likeness (QED) is 0.602. The van der Waals surface area contributed by atoms with Crippen molar-refractivity contribution in [1.29, 1.82) is 0 Å². The number of carbonyl (C=O) groups excluding carboxylic acids is 2. The van der Waals surface area contributed by atoms with Gasteiger partial charge in [0.15, 0.2) is 0 Å². The Labute approximate surface area is 174 Å². The fraction of sp³-hybridized carbons (Fsp3) is 0.208. The predicted octanol–water partition coefficient (Wildman–Crippen LogP) is 4.48. The standard InChI is InChI=1S/C24H22N2O4/c1-16(27)26-14-20-10-9-19(24-25-21(15-30-24)11-12-23(28)29-2)13-18(20)8-7-17-5-3-4-6-22(17)26/h3-10,13,15H,11-12,14H2,1-2H3. The van der Waals surface area contributed by atoms with Gasteiger partial charge in [-0.05, 0) is 34.9 Å². The Morgan fingerprint density at radius 2 is 1.93 bits per heavy atom. The summed E-state index contributed by atoms with van der Waals surface area (Å²) < 4.78 is 10.3. The van der Waals surface area contributed by atoms with Crippen molar-refractivity contribution in [2.45, 2.75) is 26.3 Å². The summed E-state index contributed by atoms with van der Waals surface area (Å²) in [6.45, 7) is 2.07. The highest BCUT2D eigenvalue weighted by Gasteiger charge is 2.19. The topological polar surface area (TPSA) is 72.6 Å². The molecule has 1 aliphatic rings. The summed E-state index contributed by atoms with van der Waals surface area (Å²) in [5.41, 5.74) is 5.48. The molecule has 30 heavy (non-hydrogen) atoms. The zero-order valence-electron chi connectivity index (χ0n) is 16.9. The summed E-state index contributed by atoms with van der Waals surface area (Å²) in [5.74, 6) is 0.216. The second kappa shape index (κ2) is 8.37. The molecule has 3 aromatic rings. The van der Waals surface area contributed by atoms with Gasteiger partial charge in [0.25, 0.3) is 0 Å². The van der Waals surface area contributed by atoms with E-state index in [1.165, 1.54) is 7.11 Å². The number of nitrogens with zero attached hydrogens (tertiary/aromatic N) is 2. The van der Waals surface area contributed by atoms with E-state index in [4.69, 9.17) is 4.42 Å². The maximum absolute atomic E-state index is 12.3. The van der Waals surface area contributed by atoms with E-state index in [0.29, 0.717) is 24.6 Å². The van der Waals surface area contributed by atoms with E-state index in [1.54, 1.807) is 18.1 Å². The number of amides is 1. The van der Waals surface area contributed by atoms with Crippen molar-refractivity contribution >= 4 is 29.7 Å². The second-order valence-corrected chi connectivity index (χ2v) is 7.13. The van der Waals surface area contributed by atoms with Crippen molar-refractivity contribution in [1.82, 2.24) is 4.98 Å². The molecule has 1 amide bonds. The third-order valence-corrected chi connectivity index (χ3v) is 5.14. The molecule has 6 nitrogen and oxygen atoms in total. The van der Waals surface area contributed by atoms with Gasteiger partial charge in [-0.15, -0.1) is 0 Å². The summed E-state index contributed by atoms with van der Waals surface area (Å²) in [7, 11) is 1.37. The smallest absolute Gasteiger partial charge is 0.305 e. The lowest BCUT2D eigenvalue weighted by Crippen LogP contribution is -2.29. The van der Waals surface area contributed by atoms with Crippen LogP contribution >= 0.6 is 0 Å². The molecule has 6 heteroatoms. The minimum absolute atomic E-state index is 0.00396. The molecule has 0 fully saturated rings. The molecular weight excluding hydrogens is 380 g/mol. The van der Waals surface area contributed by atoms with Crippen LogP contribution in [-0.2, 0) is 27.3 Å². The Balaban J connectivity index is 1.65. The van der Waals surface area contributed by atoms with E-state index >= 15 is 0 Å². The van der Waals surface area contributed by atoms with Gasteiger partial charge in [0.05, 0.1) is 31.5 Å². The minimum atomic E-state index is -0.277. The number of ether oxygens (including phenoxy) is 1. The Kier molecular flexibility index (Phi) is 5.48. The zero-order chi connectivity index (χ0) is 21.1. The van der Waals surface area contributed by atoms with Crippen LogP contribution in [0.5, 0.6) is 0 Å². The van der Waals surface area contributed by atoms with Crippen LogP contribution < -0.4 is 4.90 Å². The van der Waals surface area contributed by atoms with Gasteiger partial charge in [-0.3, -0.25) is 9.59 Å². The lowest BCUT2D eigenvalue weighted by Gasteiger charge is -2.26. The summed E-state index contributed by atoms with van der Waals surface area (Å²) >= 11 is 0. The highest BCUT2D eigenvalue weighted by atomic mass is 16.5. The zero-order valence-corrected chi connectivity index (χ0v) is 16.9. The minimum Gasteiger partial charge on any atom is -0.469 e. The molecule has 4 rings (SSSR count). The number of esters is 1. The third kappa shape index (κ3) is 4.03. The van der Waals surface area contributed by atoms with Crippen LogP contribution in [0.1, 0.15) is 35.7 Å². The molecule has 0 radical (unpaired) electrons. The van der Waals surface area contributed by atoms with Crippen LogP contribution in [-0.4, -0.2) is 24.0 Å². The predicted molar refractivity (Wildman–Crippen MR) is 115 cm³/mol. The normalized spacial score (nSPS) is 12.5. The van der Waals surface area contributed by atoms with Crippen LogP contribution in [0, 0.1) is 0 Å². The number of aromatic nitrogens is 1. The number of hydrogen-bond acceptors (Lipinski definition) is 5.